The fourth-order valence-corrected chi connectivity index (χ4v) is 4.31. The average Bonchev–Trinajstić information content (AvgIpc) is 2.49. The van der Waals surface area contributed by atoms with Gasteiger partial charge >= 0.3 is 0 Å². The number of carbonyl (C=O) groups is 1. The van der Waals surface area contributed by atoms with Crippen LogP contribution in [0.3, 0.4) is 0 Å². The summed E-state index contributed by atoms with van der Waals surface area (Å²) in [6.07, 6.45) is 9.99. The van der Waals surface area contributed by atoms with Crippen LogP contribution < -0.4 is 0 Å². The molecule has 2 N–H and O–H groups in total. The van der Waals surface area contributed by atoms with E-state index in [4.69, 9.17) is 0 Å². The molecule has 2 bridgehead atoms. The van der Waals surface area contributed by atoms with Crippen LogP contribution in [0.4, 0.5) is 0 Å². The van der Waals surface area contributed by atoms with Gasteiger partial charge in [-0.05, 0) is 42.9 Å². The van der Waals surface area contributed by atoms with Crippen molar-refractivity contribution in [1.82, 2.24) is 0 Å². The van der Waals surface area contributed by atoms with Crippen molar-refractivity contribution in [1.29, 1.82) is 0 Å². The topological polar surface area (TPSA) is 57.5 Å². The van der Waals surface area contributed by atoms with Gasteiger partial charge in [0, 0.05) is 29.2 Å². The molecule has 25 heavy (non-hydrogen) atoms. The lowest BCUT2D eigenvalue weighted by atomic mass is 9.57. The van der Waals surface area contributed by atoms with Crippen molar-refractivity contribution < 1.29 is 15.0 Å². The molecule has 0 amide bonds. The first-order valence-corrected chi connectivity index (χ1v) is 9.60. The van der Waals surface area contributed by atoms with Crippen molar-refractivity contribution in [3.05, 3.63) is 35.4 Å². The number of aromatic hydroxyl groups is 2. The number of carbonyl (C=O) groups excluding carboxylic acids is 1. The summed E-state index contributed by atoms with van der Waals surface area (Å²) in [6.45, 7) is 6.35. The smallest absolute Gasteiger partial charge is 0.136 e. The Bertz CT molecular complexity index is 658. The molecule has 3 aliphatic carbocycles. The van der Waals surface area contributed by atoms with Gasteiger partial charge < -0.3 is 10.2 Å². The Balaban J connectivity index is 1.85. The van der Waals surface area contributed by atoms with Crippen molar-refractivity contribution >= 4 is 5.78 Å². The minimum absolute atomic E-state index is 0.0326. The number of benzene rings is 1. The first-order chi connectivity index (χ1) is 11.8. The number of hydrogen-bond acceptors (Lipinski definition) is 3. The summed E-state index contributed by atoms with van der Waals surface area (Å²) < 4.78 is 0. The molecule has 0 heterocycles. The third kappa shape index (κ3) is 3.47. The molecular weight excluding hydrogens is 312 g/mol. The molecule has 0 unspecified atom stereocenters. The lowest BCUT2D eigenvalue weighted by Gasteiger charge is -2.45. The molecule has 3 aliphatic rings. The molecule has 136 valence electrons. The van der Waals surface area contributed by atoms with E-state index in [2.05, 4.69) is 32.9 Å². The zero-order valence-electron chi connectivity index (χ0n) is 15.6. The minimum atomic E-state index is -0.259. The molecular formula is C22H30O3. The van der Waals surface area contributed by atoms with Crippen molar-refractivity contribution in [3.63, 3.8) is 0 Å². The number of ketones is 1. The quantitative estimate of drug-likeness (QED) is 0.551. The molecule has 1 aromatic carbocycles. The number of rotatable bonds is 6. The normalized spacial score (nSPS) is 26.0. The fourth-order valence-electron chi connectivity index (χ4n) is 4.31. The van der Waals surface area contributed by atoms with Gasteiger partial charge in [-0.2, -0.15) is 0 Å². The zero-order valence-corrected chi connectivity index (χ0v) is 15.6. The van der Waals surface area contributed by atoms with Crippen LogP contribution in [0.2, 0.25) is 0 Å². The van der Waals surface area contributed by atoms with Crippen LogP contribution in [-0.2, 0) is 10.2 Å². The zero-order chi connectivity index (χ0) is 18.2. The SMILES string of the molecule is CCCC/C=C\C(C)(C)c1cc(O)c([C@@H]2CC(=O)C3CC2C3)c(O)c1. The van der Waals surface area contributed by atoms with Gasteiger partial charge in [0.05, 0.1) is 0 Å². The van der Waals surface area contributed by atoms with Crippen LogP contribution in [-0.4, -0.2) is 16.0 Å². The standard InChI is InChI=1S/C22H30O3/c1-4-5-6-7-8-22(2,3)16-11-19(24)21(20(25)12-16)17-13-18(23)15-9-14(17)10-15/h7-8,11-12,14-15,17,24-25H,4-6,9-10,13H2,1-3H3/b8-7-/t14?,15?,17-/m1/s1. The fraction of sp³-hybridized carbons (Fsp3) is 0.591. The van der Waals surface area contributed by atoms with E-state index in [9.17, 15) is 15.0 Å². The molecule has 0 aromatic heterocycles. The molecule has 0 aliphatic heterocycles. The number of Topliss-reactive ketones (excluding diaryl/α,β-unsaturated/α-hetero) is 1. The van der Waals surface area contributed by atoms with Gasteiger partial charge in [-0.1, -0.05) is 45.8 Å². The first-order valence-electron chi connectivity index (χ1n) is 9.60. The van der Waals surface area contributed by atoms with Crippen LogP contribution >= 0.6 is 0 Å². The Morgan fingerprint density at radius 2 is 1.84 bits per heavy atom. The van der Waals surface area contributed by atoms with Crippen molar-refractivity contribution in [3.8, 4) is 11.5 Å². The molecule has 1 atom stereocenters. The van der Waals surface area contributed by atoms with E-state index in [0.29, 0.717) is 17.9 Å². The van der Waals surface area contributed by atoms with Gasteiger partial charge in [-0.25, -0.2) is 0 Å². The van der Waals surface area contributed by atoms with Crippen LogP contribution in [0, 0.1) is 11.8 Å². The van der Waals surface area contributed by atoms with E-state index in [0.717, 1.165) is 24.8 Å². The second kappa shape index (κ2) is 6.86. The summed E-state index contributed by atoms with van der Waals surface area (Å²) in [6, 6.07) is 3.54. The minimum Gasteiger partial charge on any atom is -0.508 e. The molecule has 0 saturated heterocycles. The highest BCUT2D eigenvalue weighted by Gasteiger charge is 2.47. The van der Waals surface area contributed by atoms with Crippen LogP contribution in [0.25, 0.3) is 0 Å². The van der Waals surface area contributed by atoms with Gasteiger partial charge in [0.15, 0.2) is 0 Å². The highest BCUT2D eigenvalue weighted by molar-refractivity contribution is 5.85. The van der Waals surface area contributed by atoms with Crippen molar-refractivity contribution in [2.75, 3.05) is 0 Å². The largest absolute Gasteiger partial charge is 0.508 e. The van der Waals surface area contributed by atoms with Crippen LogP contribution in [0.1, 0.15) is 76.3 Å². The van der Waals surface area contributed by atoms with Gasteiger partial charge in [0.2, 0.25) is 0 Å². The van der Waals surface area contributed by atoms with Gasteiger partial charge in [0.25, 0.3) is 0 Å². The molecule has 0 spiro atoms. The summed E-state index contributed by atoms with van der Waals surface area (Å²) in [4.78, 5) is 12.1. The van der Waals surface area contributed by atoms with E-state index in [1.54, 1.807) is 12.1 Å². The van der Waals surface area contributed by atoms with Crippen molar-refractivity contribution in [2.45, 2.75) is 70.6 Å². The maximum absolute atomic E-state index is 12.1. The summed E-state index contributed by atoms with van der Waals surface area (Å²) in [5.41, 5.74) is 1.21. The lowest BCUT2D eigenvalue weighted by Crippen LogP contribution is -2.41. The number of fused-ring (bicyclic) bond motifs is 2. The summed E-state index contributed by atoms with van der Waals surface area (Å²) >= 11 is 0. The molecule has 0 radical (unpaired) electrons. The first kappa shape index (κ1) is 18.0. The molecule has 3 fully saturated rings. The maximum Gasteiger partial charge on any atom is 0.136 e. The second-order valence-electron chi connectivity index (χ2n) is 8.40. The highest BCUT2D eigenvalue weighted by atomic mass is 16.3. The van der Waals surface area contributed by atoms with Crippen LogP contribution in [0.15, 0.2) is 24.3 Å². The molecule has 3 heteroatoms. The maximum atomic E-state index is 12.1. The number of phenols is 2. The average molecular weight is 342 g/mol. The molecule has 1 aromatic rings. The van der Waals surface area contributed by atoms with E-state index < -0.39 is 0 Å². The third-order valence-corrected chi connectivity index (χ3v) is 6.13. The van der Waals surface area contributed by atoms with Gasteiger partial charge in [-0.15, -0.1) is 0 Å². The number of hydrogen-bond donors (Lipinski definition) is 2. The van der Waals surface area contributed by atoms with Gasteiger partial charge in [-0.3, -0.25) is 4.79 Å². The molecule has 4 rings (SSSR count). The highest BCUT2D eigenvalue weighted by Crippen LogP contribution is 2.55. The number of phenolic OH excluding ortho intramolecular Hbond substituents is 2. The summed E-state index contributed by atoms with van der Waals surface area (Å²) in [5, 5.41) is 21.2. The monoisotopic (exact) mass is 342 g/mol. The van der Waals surface area contributed by atoms with Gasteiger partial charge in [0.1, 0.15) is 17.3 Å². The lowest BCUT2D eigenvalue weighted by molar-refractivity contribution is -0.133. The van der Waals surface area contributed by atoms with E-state index in [1.165, 1.54) is 12.8 Å². The van der Waals surface area contributed by atoms with Crippen LogP contribution in [0.5, 0.6) is 11.5 Å². The molecule has 3 nitrogen and oxygen atoms in total. The van der Waals surface area contributed by atoms with E-state index in [-0.39, 0.29) is 34.5 Å². The third-order valence-electron chi connectivity index (χ3n) is 6.13. The Kier molecular flexibility index (Phi) is 4.95. The number of allylic oxidation sites excluding steroid dienone is 2. The Hall–Kier alpha value is -1.77. The van der Waals surface area contributed by atoms with Crippen molar-refractivity contribution in [2.24, 2.45) is 11.8 Å². The van der Waals surface area contributed by atoms with E-state index >= 15 is 0 Å². The Morgan fingerprint density at radius 1 is 1.20 bits per heavy atom. The summed E-state index contributed by atoms with van der Waals surface area (Å²) in [7, 11) is 0. The predicted octanol–water partition coefficient (Wildman–Crippen LogP) is 5.20. The Morgan fingerprint density at radius 3 is 2.40 bits per heavy atom. The summed E-state index contributed by atoms with van der Waals surface area (Å²) in [5.74, 6) is 1.18. The predicted molar refractivity (Wildman–Crippen MR) is 100 cm³/mol. The second-order valence-corrected chi connectivity index (χ2v) is 8.40. The molecule has 3 saturated carbocycles. The van der Waals surface area contributed by atoms with E-state index in [1.807, 2.05) is 0 Å². The Labute approximate surface area is 150 Å². The number of unbranched alkanes of at least 4 members (excludes halogenated alkanes) is 2.